The van der Waals surface area contributed by atoms with E-state index in [9.17, 15) is 0 Å². The van der Waals surface area contributed by atoms with Crippen molar-refractivity contribution in [2.75, 3.05) is 5.73 Å². The molecule has 6 nitrogen and oxygen atoms in total. The van der Waals surface area contributed by atoms with Crippen molar-refractivity contribution in [1.82, 2.24) is 15.2 Å². The van der Waals surface area contributed by atoms with Gasteiger partial charge in [0, 0.05) is 5.02 Å². The standard InChI is InChI=1S/C12H7ClN6S/c13-6-1-3-7(4-2-6)16-12-19-18-9-8(5-14)10(15)17-11(9)20-12/h1-4,17H,15H2. The first kappa shape index (κ1) is 12.6. The molecule has 0 saturated carbocycles. The Morgan fingerprint density at radius 1 is 1.30 bits per heavy atom. The van der Waals surface area contributed by atoms with E-state index in [1.165, 1.54) is 11.3 Å². The van der Waals surface area contributed by atoms with Gasteiger partial charge in [-0.1, -0.05) is 22.9 Å². The first-order valence-corrected chi connectivity index (χ1v) is 6.72. The molecule has 0 aliphatic heterocycles. The summed E-state index contributed by atoms with van der Waals surface area (Å²) < 4.78 is 0. The van der Waals surface area contributed by atoms with E-state index in [1.807, 2.05) is 6.07 Å². The molecule has 0 unspecified atom stereocenters. The Kier molecular flexibility index (Phi) is 3.10. The van der Waals surface area contributed by atoms with Crippen LogP contribution in [0.15, 0.2) is 29.3 Å². The van der Waals surface area contributed by atoms with Crippen molar-refractivity contribution in [2.45, 2.75) is 0 Å². The fourth-order valence-electron chi connectivity index (χ4n) is 1.64. The van der Waals surface area contributed by atoms with Crippen LogP contribution in [0, 0.1) is 11.3 Å². The van der Waals surface area contributed by atoms with Crippen LogP contribution < -0.4 is 10.5 Å². The van der Waals surface area contributed by atoms with Crippen molar-refractivity contribution >= 4 is 44.8 Å². The number of nitrogens with one attached hydrogen (secondary N) is 1. The molecule has 1 aromatic carbocycles. The zero-order valence-electron chi connectivity index (χ0n) is 9.96. The number of anilines is 1. The molecule has 0 saturated heterocycles. The molecule has 0 spiro atoms. The number of hydrogen-bond acceptors (Lipinski definition) is 6. The number of nitrogens with zero attached hydrogens (tertiary/aromatic N) is 4. The molecule has 98 valence electrons. The topological polar surface area (TPSA) is 104 Å². The molecule has 8 heteroatoms. The summed E-state index contributed by atoms with van der Waals surface area (Å²) in [6, 6.07) is 9.06. The highest BCUT2D eigenvalue weighted by atomic mass is 35.5. The lowest BCUT2D eigenvalue weighted by atomic mass is 10.3. The lowest BCUT2D eigenvalue weighted by molar-refractivity contribution is 1.03. The molecule has 0 aliphatic rings. The summed E-state index contributed by atoms with van der Waals surface area (Å²) in [5, 5.41) is 17.6. The van der Waals surface area contributed by atoms with Gasteiger partial charge in [0.15, 0.2) is 0 Å². The van der Waals surface area contributed by atoms with Gasteiger partial charge in [0.1, 0.15) is 27.8 Å². The second-order valence-electron chi connectivity index (χ2n) is 3.88. The Balaban J connectivity index is 2.14. The number of aromatic amines is 1. The molecule has 0 atom stereocenters. The largest absolute Gasteiger partial charge is 0.384 e. The summed E-state index contributed by atoms with van der Waals surface area (Å²) in [7, 11) is 0. The smallest absolute Gasteiger partial charge is 0.232 e. The molecule has 0 aliphatic carbocycles. The molecule has 0 bridgehead atoms. The predicted octanol–water partition coefficient (Wildman–Crippen LogP) is 2.36. The highest BCUT2D eigenvalue weighted by Gasteiger charge is 2.11. The second-order valence-corrected chi connectivity index (χ2v) is 5.29. The first-order valence-electron chi connectivity index (χ1n) is 5.53. The van der Waals surface area contributed by atoms with Gasteiger partial charge in [0.25, 0.3) is 0 Å². The van der Waals surface area contributed by atoms with Gasteiger partial charge < -0.3 is 10.7 Å². The van der Waals surface area contributed by atoms with Crippen LogP contribution in [0.5, 0.6) is 0 Å². The fraction of sp³-hybridized carbons (Fsp3) is 0. The van der Waals surface area contributed by atoms with Gasteiger partial charge >= 0.3 is 0 Å². The fourth-order valence-corrected chi connectivity index (χ4v) is 2.59. The van der Waals surface area contributed by atoms with E-state index in [1.54, 1.807) is 24.3 Å². The summed E-state index contributed by atoms with van der Waals surface area (Å²) in [4.78, 5) is 8.37. The van der Waals surface area contributed by atoms with Crippen molar-refractivity contribution < 1.29 is 0 Å². The van der Waals surface area contributed by atoms with Crippen LogP contribution in [-0.4, -0.2) is 15.2 Å². The summed E-state index contributed by atoms with van der Waals surface area (Å²) in [6.45, 7) is 0. The van der Waals surface area contributed by atoms with Gasteiger partial charge in [-0.2, -0.15) is 5.26 Å². The Morgan fingerprint density at radius 3 is 2.75 bits per heavy atom. The Hall–Kier alpha value is -2.43. The number of hydrogen-bond donors (Lipinski definition) is 2. The molecule has 2 aromatic heterocycles. The maximum atomic E-state index is 8.99. The average Bonchev–Trinajstić information content (AvgIpc) is 2.76. The lowest BCUT2D eigenvalue weighted by Gasteiger charge is -1.92. The number of halogens is 1. The highest BCUT2D eigenvalue weighted by Crippen LogP contribution is 2.22. The van der Waals surface area contributed by atoms with Crippen LogP contribution in [0.2, 0.25) is 5.02 Å². The summed E-state index contributed by atoms with van der Waals surface area (Å²) in [5.74, 6) is 0.289. The van der Waals surface area contributed by atoms with Crippen molar-refractivity contribution in [3.05, 3.63) is 39.7 Å². The minimum absolute atomic E-state index is 0.289. The van der Waals surface area contributed by atoms with E-state index in [4.69, 9.17) is 22.6 Å². The SMILES string of the molecule is N#Cc1c(N)[nH]c2sc(=Nc3ccc(Cl)cc3)nnc12. The molecule has 0 amide bonds. The summed E-state index contributed by atoms with van der Waals surface area (Å²) in [6.07, 6.45) is 0. The maximum Gasteiger partial charge on any atom is 0.232 e. The molecule has 2 heterocycles. The summed E-state index contributed by atoms with van der Waals surface area (Å²) >= 11 is 7.09. The molecular formula is C12H7ClN6S. The van der Waals surface area contributed by atoms with E-state index in [2.05, 4.69) is 20.2 Å². The Bertz CT molecular complexity index is 887. The van der Waals surface area contributed by atoms with Gasteiger partial charge in [0.2, 0.25) is 4.80 Å². The number of fused-ring (bicyclic) bond motifs is 1. The number of nitriles is 1. The van der Waals surface area contributed by atoms with Crippen molar-refractivity contribution in [1.29, 1.82) is 5.26 Å². The highest BCUT2D eigenvalue weighted by molar-refractivity contribution is 7.15. The molecule has 0 radical (unpaired) electrons. The van der Waals surface area contributed by atoms with E-state index >= 15 is 0 Å². The zero-order chi connectivity index (χ0) is 14.1. The minimum Gasteiger partial charge on any atom is -0.384 e. The molecule has 0 fully saturated rings. The van der Waals surface area contributed by atoms with Crippen LogP contribution in [0.4, 0.5) is 11.5 Å². The van der Waals surface area contributed by atoms with Crippen LogP contribution in [0.1, 0.15) is 5.56 Å². The number of benzene rings is 1. The van der Waals surface area contributed by atoms with E-state index in [0.29, 0.717) is 25.7 Å². The van der Waals surface area contributed by atoms with Crippen LogP contribution in [-0.2, 0) is 0 Å². The van der Waals surface area contributed by atoms with Gasteiger partial charge in [-0.25, -0.2) is 4.99 Å². The third-order valence-electron chi connectivity index (χ3n) is 2.56. The lowest BCUT2D eigenvalue weighted by Crippen LogP contribution is -2.04. The van der Waals surface area contributed by atoms with Gasteiger partial charge in [-0.3, -0.25) is 0 Å². The number of nitrogens with two attached hydrogens (primary N) is 1. The van der Waals surface area contributed by atoms with Crippen molar-refractivity contribution in [3.8, 4) is 6.07 Å². The number of rotatable bonds is 1. The third-order valence-corrected chi connectivity index (χ3v) is 3.67. The van der Waals surface area contributed by atoms with Gasteiger partial charge in [-0.05, 0) is 24.3 Å². The first-order chi connectivity index (χ1) is 9.67. The Morgan fingerprint density at radius 2 is 2.05 bits per heavy atom. The summed E-state index contributed by atoms with van der Waals surface area (Å²) in [5.41, 5.74) is 7.19. The monoisotopic (exact) mass is 302 g/mol. The second kappa shape index (κ2) is 4.92. The van der Waals surface area contributed by atoms with Crippen molar-refractivity contribution in [2.24, 2.45) is 4.99 Å². The predicted molar refractivity (Wildman–Crippen MR) is 77.6 cm³/mol. The molecule has 3 rings (SSSR count). The maximum absolute atomic E-state index is 8.99. The molecular weight excluding hydrogens is 296 g/mol. The van der Waals surface area contributed by atoms with E-state index in [-0.39, 0.29) is 5.82 Å². The Labute approximate surface area is 122 Å². The van der Waals surface area contributed by atoms with Gasteiger partial charge in [0.05, 0.1) is 5.69 Å². The van der Waals surface area contributed by atoms with Crippen LogP contribution in [0.3, 0.4) is 0 Å². The van der Waals surface area contributed by atoms with E-state index < -0.39 is 0 Å². The zero-order valence-corrected chi connectivity index (χ0v) is 11.5. The number of nitrogen functional groups attached to an aromatic ring is 1. The number of H-pyrrole nitrogens is 1. The molecule has 20 heavy (non-hydrogen) atoms. The minimum atomic E-state index is 0.289. The van der Waals surface area contributed by atoms with E-state index in [0.717, 1.165) is 5.69 Å². The average molecular weight is 303 g/mol. The van der Waals surface area contributed by atoms with Crippen LogP contribution in [0.25, 0.3) is 10.3 Å². The molecule has 3 aromatic rings. The normalized spacial score (nSPS) is 11.7. The van der Waals surface area contributed by atoms with Crippen LogP contribution >= 0.6 is 22.9 Å². The quantitative estimate of drug-likeness (QED) is 0.720. The van der Waals surface area contributed by atoms with Crippen molar-refractivity contribution in [3.63, 3.8) is 0 Å². The number of aromatic nitrogens is 3. The molecule has 3 N–H and O–H groups in total. The van der Waals surface area contributed by atoms with Gasteiger partial charge in [-0.15, -0.1) is 10.2 Å². The third kappa shape index (κ3) is 2.22.